The highest BCUT2D eigenvalue weighted by Crippen LogP contribution is 2.27. The minimum atomic E-state index is -0.930. The van der Waals surface area contributed by atoms with Crippen LogP contribution in [-0.2, 0) is 0 Å². The van der Waals surface area contributed by atoms with Crippen molar-refractivity contribution < 1.29 is 13.2 Å². The lowest BCUT2D eigenvalue weighted by Gasteiger charge is -2.19. The molecule has 0 bridgehead atoms. The molecule has 0 radical (unpaired) electrons. The molecule has 0 fully saturated rings. The number of aromatic nitrogens is 1. The van der Waals surface area contributed by atoms with Crippen LogP contribution in [-0.4, -0.2) is 11.5 Å². The first-order chi connectivity index (χ1) is 9.13. The Balaban J connectivity index is 2.51. The van der Waals surface area contributed by atoms with Crippen molar-refractivity contribution in [2.45, 2.75) is 13.0 Å². The number of nitrogens with one attached hydrogen (secondary N) is 1. The first-order valence-corrected chi connectivity index (χ1v) is 5.91. The van der Waals surface area contributed by atoms with Crippen molar-refractivity contribution in [2.24, 2.45) is 0 Å². The number of nitrogens with zero attached hydrogens (tertiary/aromatic N) is 1. The zero-order valence-corrected chi connectivity index (χ0v) is 10.3. The fraction of sp³-hybridized carbons (Fsp3) is 0.214. The first-order valence-electron chi connectivity index (χ1n) is 5.91. The summed E-state index contributed by atoms with van der Waals surface area (Å²) in [4.78, 5) is 3.93. The normalized spacial score (nSPS) is 12.4. The van der Waals surface area contributed by atoms with Crippen molar-refractivity contribution in [3.63, 3.8) is 0 Å². The largest absolute Gasteiger partial charge is 0.306 e. The SMILES string of the molecule is CCNC(c1cccnc1)c1c(F)cc(F)cc1F. The van der Waals surface area contributed by atoms with Crippen molar-refractivity contribution in [2.75, 3.05) is 6.54 Å². The predicted octanol–water partition coefficient (Wildman–Crippen LogP) is 3.20. The second-order valence-corrected chi connectivity index (χ2v) is 4.06. The molecule has 0 aliphatic rings. The Morgan fingerprint density at radius 1 is 1.21 bits per heavy atom. The minimum absolute atomic E-state index is 0.198. The topological polar surface area (TPSA) is 24.9 Å². The molecule has 1 aromatic heterocycles. The number of hydrogen-bond donors (Lipinski definition) is 1. The van der Waals surface area contributed by atoms with Gasteiger partial charge in [-0.25, -0.2) is 13.2 Å². The van der Waals surface area contributed by atoms with E-state index in [2.05, 4.69) is 10.3 Å². The lowest BCUT2D eigenvalue weighted by atomic mass is 9.99. The summed E-state index contributed by atoms with van der Waals surface area (Å²) < 4.78 is 40.6. The average Bonchev–Trinajstić information content (AvgIpc) is 2.37. The molecule has 5 heteroatoms. The van der Waals surface area contributed by atoms with Crippen molar-refractivity contribution in [1.82, 2.24) is 10.3 Å². The summed E-state index contributed by atoms with van der Waals surface area (Å²) in [6.07, 6.45) is 3.10. The molecule has 1 heterocycles. The molecule has 2 rings (SSSR count). The Hall–Kier alpha value is -1.88. The minimum Gasteiger partial charge on any atom is -0.306 e. The van der Waals surface area contributed by atoms with E-state index < -0.39 is 23.5 Å². The summed E-state index contributed by atoms with van der Waals surface area (Å²) in [7, 11) is 0. The lowest BCUT2D eigenvalue weighted by Crippen LogP contribution is -2.24. The zero-order valence-electron chi connectivity index (χ0n) is 10.3. The highest BCUT2D eigenvalue weighted by molar-refractivity contribution is 5.32. The smallest absolute Gasteiger partial charge is 0.134 e. The molecule has 0 spiro atoms. The van der Waals surface area contributed by atoms with Gasteiger partial charge < -0.3 is 5.32 Å². The van der Waals surface area contributed by atoms with Crippen LogP contribution in [0.25, 0.3) is 0 Å². The summed E-state index contributed by atoms with van der Waals surface area (Å²) in [5.74, 6) is -2.75. The van der Waals surface area contributed by atoms with Gasteiger partial charge in [0.05, 0.1) is 6.04 Å². The van der Waals surface area contributed by atoms with E-state index in [1.165, 1.54) is 6.20 Å². The van der Waals surface area contributed by atoms with Crippen molar-refractivity contribution in [1.29, 1.82) is 0 Å². The maximum atomic E-state index is 13.8. The van der Waals surface area contributed by atoms with Gasteiger partial charge in [-0.2, -0.15) is 0 Å². The summed E-state index contributed by atoms with van der Waals surface area (Å²) in [5.41, 5.74) is 0.421. The Kier molecular flexibility index (Phi) is 4.16. The van der Waals surface area contributed by atoms with Gasteiger partial charge in [-0.05, 0) is 18.2 Å². The van der Waals surface area contributed by atoms with Gasteiger partial charge in [-0.1, -0.05) is 13.0 Å². The molecule has 0 amide bonds. The maximum Gasteiger partial charge on any atom is 0.134 e. The van der Waals surface area contributed by atoms with Crippen LogP contribution in [0.15, 0.2) is 36.7 Å². The molecule has 2 aromatic rings. The molecule has 2 nitrogen and oxygen atoms in total. The zero-order chi connectivity index (χ0) is 13.8. The van der Waals surface area contributed by atoms with E-state index in [1.807, 2.05) is 6.92 Å². The van der Waals surface area contributed by atoms with Gasteiger partial charge in [0.1, 0.15) is 17.5 Å². The van der Waals surface area contributed by atoms with E-state index in [9.17, 15) is 13.2 Å². The van der Waals surface area contributed by atoms with E-state index in [4.69, 9.17) is 0 Å². The third kappa shape index (κ3) is 2.93. The molecule has 0 aliphatic carbocycles. The molecule has 1 aromatic carbocycles. The predicted molar refractivity (Wildman–Crippen MR) is 66.1 cm³/mol. The van der Waals surface area contributed by atoms with Gasteiger partial charge in [0.25, 0.3) is 0 Å². The van der Waals surface area contributed by atoms with Crippen LogP contribution in [0.4, 0.5) is 13.2 Å². The lowest BCUT2D eigenvalue weighted by molar-refractivity contribution is 0.491. The van der Waals surface area contributed by atoms with Gasteiger partial charge in [0.2, 0.25) is 0 Å². The molecular weight excluding hydrogens is 253 g/mol. The molecule has 1 unspecified atom stereocenters. The Labute approximate surface area is 109 Å². The fourth-order valence-corrected chi connectivity index (χ4v) is 1.97. The van der Waals surface area contributed by atoms with E-state index in [1.54, 1.807) is 18.3 Å². The first kappa shape index (κ1) is 13.5. The fourth-order valence-electron chi connectivity index (χ4n) is 1.97. The molecular formula is C14H13F3N2. The number of halogens is 3. The van der Waals surface area contributed by atoms with Crippen LogP contribution in [0.3, 0.4) is 0 Å². The van der Waals surface area contributed by atoms with Gasteiger partial charge in [0, 0.05) is 30.1 Å². The van der Waals surface area contributed by atoms with E-state index >= 15 is 0 Å². The summed E-state index contributed by atoms with van der Waals surface area (Å²) in [6.45, 7) is 2.33. The molecule has 19 heavy (non-hydrogen) atoms. The van der Waals surface area contributed by atoms with Gasteiger partial charge >= 0.3 is 0 Å². The van der Waals surface area contributed by atoms with Crippen molar-refractivity contribution >= 4 is 0 Å². The van der Waals surface area contributed by atoms with Gasteiger partial charge in [-0.3, -0.25) is 4.98 Å². The van der Waals surface area contributed by atoms with Gasteiger partial charge in [0.15, 0.2) is 0 Å². The molecule has 1 atom stereocenters. The molecule has 0 saturated carbocycles. The highest BCUT2D eigenvalue weighted by Gasteiger charge is 2.22. The molecule has 1 N–H and O–H groups in total. The average molecular weight is 266 g/mol. The number of pyridine rings is 1. The van der Waals surface area contributed by atoms with Crippen LogP contribution < -0.4 is 5.32 Å². The second-order valence-electron chi connectivity index (χ2n) is 4.06. The third-order valence-corrected chi connectivity index (χ3v) is 2.76. The number of benzene rings is 1. The highest BCUT2D eigenvalue weighted by atomic mass is 19.1. The van der Waals surface area contributed by atoms with E-state index in [-0.39, 0.29) is 5.56 Å². The Bertz CT molecular complexity index is 535. The van der Waals surface area contributed by atoms with Crippen LogP contribution in [0, 0.1) is 17.5 Å². The molecule has 0 saturated heterocycles. The van der Waals surface area contributed by atoms with Crippen LogP contribution in [0.2, 0.25) is 0 Å². The Morgan fingerprint density at radius 3 is 2.42 bits per heavy atom. The van der Waals surface area contributed by atoms with E-state index in [0.29, 0.717) is 24.2 Å². The Morgan fingerprint density at radius 2 is 1.89 bits per heavy atom. The third-order valence-electron chi connectivity index (χ3n) is 2.76. The second kappa shape index (κ2) is 5.84. The molecule has 100 valence electrons. The van der Waals surface area contributed by atoms with Crippen molar-refractivity contribution in [3.8, 4) is 0 Å². The molecule has 0 aliphatic heterocycles. The van der Waals surface area contributed by atoms with E-state index in [0.717, 1.165) is 0 Å². The van der Waals surface area contributed by atoms with Crippen LogP contribution >= 0.6 is 0 Å². The summed E-state index contributed by atoms with van der Waals surface area (Å²) in [6, 6.07) is 4.05. The summed E-state index contributed by atoms with van der Waals surface area (Å²) in [5, 5.41) is 2.97. The number of rotatable bonds is 4. The van der Waals surface area contributed by atoms with Crippen molar-refractivity contribution in [3.05, 3.63) is 65.2 Å². The van der Waals surface area contributed by atoms with Crippen LogP contribution in [0.1, 0.15) is 24.1 Å². The number of hydrogen-bond acceptors (Lipinski definition) is 2. The monoisotopic (exact) mass is 266 g/mol. The maximum absolute atomic E-state index is 13.8. The quantitative estimate of drug-likeness (QED) is 0.919. The van der Waals surface area contributed by atoms with Crippen LogP contribution in [0.5, 0.6) is 0 Å². The van der Waals surface area contributed by atoms with Gasteiger partial charge in [-0.15, -0.1) is 0 Å². The standard InChI is InChI=1S/C14H13F3N2/c1-2-19-14(9-4-3-5-18-8-9)13-11(16)6-10(15)7-12(13)17/h3-8,14,19H,2H2,1H3. The summed E-state index contributed by atoms with van der Waals surface area (Å²) >= 11 is 0.